The molecule has 0 fully saturated rings. The van der Waals surface area contributed by atoms with Crippen LogP contribution in [0.4, 0.5) is 0 Å². The van der Waals surface area contributed by atoms with Gasteiger partial charge in [-0.1, -0.05) is 18.2 Å². The monoisotopic (exact) mass is 441 g/mol. The third-order valence-electron chi connectivity index (χ3n) is 3.43. The molecule has 20 heavy (non-hydrogen) atoms. The molecule has 0 atom stereocenters. The summed E-state index contributed by atoms with van der Waals surface area (Å²) in [5.74, 6) is 0.880. The van der Waals surface area contributed by atoms with Crippen molar-refractivity contribution in [2.45, 2.75) is 0 Å². The predicted octanol–water partition coefficient (Wildman–Crippen LogP) is 2.91. The molecular weight excluding hydrogens is 428 g/mol. The SMILES string of the molecule is Cn1ccnc1-n1c2ccccc2c2cccnc21.[Ir]. The van der Waals surface area contributed by atoms with Gasteiger partial charge in [0.1, 0.15) is 5.65 Å². The van der Waals surface area contributed by atoms with Gasteiger partial charge in [-0.05, 0) is 18.2 Å². The molecule has 4 aromatic rings. The van der Waals surface area contributed by atoms with Crippen LogP contribution in [0.1, 0.15) is 0 Å². The summed E-state index contributed by atoms with van der Waals surface area (Å²) in [5, 5.41) is 2.36. The standard InChI is InChI=1S/C15H12N4.Ir/c1-18-10-9-17-15(18)19-13-7-3-2-5-11(13)12-6-4-8-16-14(12)19;/h2-10H,1H3;. The molecule has 0 saturated heterocycles. The number of aryl methyl sites for hydroxylation is 1. The molecule has 1 radical (unpaired) electrons. The summed E-state index contributed by atoms with van der Waals surface area (Å²) < 4.78 is 4.10. The van der Waals surface area contributed by atoms with Gasteiger partial charge in [0.15, 0.2) is 0 Å². The Morgan fingerprint density at radius 3 is 2.50 bits per heavy atom. The van der Waals surface area contributed by atoms with Crippen molar-refractivity contribution in [1.82, 2.24) is 19.1 Å². The Kier molecular flexibility index (Phi) is 3.16. The van der Waals surface area contributed by atoms with Crippen LogP contribution in [-0.4, -0.2) is 19.1 Å². The number of imidazole rings is 1. The maximum absolute atomic E-state index is 4.53. The summed E-state index contributed by atoms with van der Waals surface area (Å²) in [4.78, 5) is 8.97. The molecule has 101 valence electrons. The number of nitrogens with zero attached hydrogens (tertiary/aromatic N) is 4. The van der Waals surface area contributed by atoms with Crippen LogP contribution in [0, 0.1) is 0 Å². The second-order valence-electron chi connectivity index (χ2n) is 4.57. The fourth-order valence-electron chi connectivity index (χ4n) is 2.57. The van der Waals surface area contributed by atoms with Crippen molar-refractivity contribution < 1.29 is 20.1 Å². The Bertz CT molecular complexity index is 838. The minimum Gasteiger partial charge on any atom is -0.320 e. The fourth-order valence-corrected chi connectivity index (χ4v) is 2.57. The maximum atomic E-state index is 4.53. The van der Waals surface area contributed by atoms with E-state index in [1.54, 1.807) is 6.20 Å². The van der Waals surface area contributed by atoms with E-state index in [2.05, 4.69) is 38.8 Å². The molecule has 0 N–H and O–H groups in total. The van der Waals surface area contributed by atoms with Crippen molar-refractivity contribution >= 4 is 21.9 Å². The van der Waals surface area contributed by atoms with Gasteiger partial charge in [-0.15, -0.1) is 0 Å². The number of hydrogen-bond donors (Lipinski definition) is 0. The van der Waals surface area contributed by atoms with E-state index in [0.29, 0.717) is 0 Å². The van der Waals surface area contributed by atoms with E-state index in [9.17, 15) is 0 Å². The molecule has 3 aromatic heterocycles. The van der Waals surface area contributed by atoms with Gasteiger partial charge in [0.2, 0.25) is 5.95 Å². The van der Waals surface area contributed by atoms with E-state index in [1.807, 2.05) is 36.1 Å². The molecule has 0 aliphatic rings. The molecule has 0 aliphatic carbocycles. The smallest absolute Gasteiger partial charge is 0.215 e. The van der Waals surface area contributed by atoms with Crippen molar-refractivity contribution in [2.24, 2.45) is 7.05 Å². The van der Waals surface area contributed by atoms with E-state index in [-0.39, 0.29) is 20.1 Å². The van der Waals surface area contributed by atoms with Crippen LogP contribution >= 0.6 is 0 Å². The number of pyridine rings is 1. The van der Waals surface area contributed by atoms with Gasteiger partial charge < -0.3 is 4.57 Å². The van der Waals surface area contributed by atoms with Crippen LogP contribution in [0.5, 0.6) is 0 Å². The van der Waals surface area contributed by atoms with Crippen LogP contribution in [0.2, 0.25) is 0 Å². The van der Waals surface area contributed by atoms with Crippen molar-refractivity contribution in [3.8, 4) is 5.95 Å². The number of fused-ring (bicyclic) bond motifs is 3. The van der Waals surface area contributed by atoms with Crippen LogP contribution in [0.3, 0.4) is 0 Å². The number of rotatable bonds is 1. The minimum absolute atomic E-state index is 0. The minimum atomic E-state index is 0. The molecule has 3 heterocycles. The second-order valence-corrected chi connectivity index (χ2v) is 4.57. The van der Waals surface area contributed by atoms with E-state index in [1.165, 1.54) is 5.39 Å². The van der Waals surface area contributed by atoms with Crippen LogP contribution in [0.15, 0.2) is 55.0 Å². The quantitative estimate of drug-likeness (QED) is 0.456. The van der Waals surface area contributed by atoms with Crippen molar-refractivity contribution in [3.05, 3.63) is 55.0 Å². The second kappa shape index (κ2) is 4.85. The summed E-state index contributed by atoms with van der Waals surface area (Å²) in [7, 11) is 1.99. The topological polar surface area (TPSA) is 35.6 Å². The summed E-state index contributed by atoms with van der Waals surface area (Å²) in [5.41, 5.74) is 2.07. The molecule has 0 saturated carbocycles. The van der Waals surface area contributed by atoms with Gasteiger partial charge in [-0.25, -0.2) is 9.97 Å². The Morgan fingerprint density at radius 1 is 0.900 bits per heavy atom. The van der Waals surface area contributed by atoms with Crippen molar-refractivity contribution in [1.29, 1.82) is 0 Å². The molecule has 0 aliphatic heterocycles. The van der Waals surface area contributed by atoms with Gasteiger partial charge in [0.05, 0.1) is 5.52 Å². The molecule has 0 spiro atoms. The van der Waals surface area contributed by atoms with Crippen molar-refractivity contribution in [3.63, 3.8) is 0 Å². The summed E-state index contributed by atoms with van der Waals surface area (Å²) in [6, 6.07) is 12.4. The summed E-state index contributed by atoms with van der Waals surface area (Å²) in [6.45, 7) is 0. The Labute approximate surface area is 129 Å². The molecule has 0 unspecified atom stereocenters. The van der Waals surface area contributed by atoms with Gasteiger partial charge in [-0.2, -0.15) is 0 Å². The molecular formula is C15H12IrN4. The zero-order chi connectivity index (χ0) is 12.8. The van der Waals surface area contributed by atoms with Crippen LogP contribution in [-0.2, 0) is 27.2 Å². The molecule has 0 bridgehead atoms. The van der Waals surface area contributed by atoms with E-state index in [0.717, 1.165) is 22.5 Å². The average Bonchev–Trinajstić information content (AvgIpc) is 3.00. The fraction of sp³-hybridized carbons (Fsp3) is 0.0667. The van der Waals surface area contributed by atoms with E-state index >= 15 is 0 Å². The molecule has 1 aromatic carbocycles. The largest absolute Gasteiger partial charge is 0.320 e. The first-order valence-corrected chi connectivity index (χ1v) is 6.18. The first-order valence-electron chi connectivity index (χ1n) is 6.18. The molecule has 4 rings (SSSR count). The number of benzene rings is 1. The molecule has 5 heteroatoms. The van der Waals surface area contributed by atoms with E-state index in [4.69, 9.17) is 0 Å². The molecule has 4 nitrogen and oxygen atoms in total. The van der Waals surface area contributed by atoms with Gasteiger partial charge >= 0.3 is 0 Å². The van der Waals surface area contributed by atoms with Gasteiger partial charge in [0, 0.05) is 56.5 Å². The van der Waals surface area contributed by atoms with Gasteiger partial charge in [-0.3, -0.25) is 4.57 Å². The zero-order valence-corrected chi connectivity index (χ0v) is 13.2. The van der Waals surface area contributed by atoms with Crippen LogP contribution in [0.25, 0.3) is 27.9 Å². The summed E-state index contributed by atoms with van der Waals surface area (Å²) in [6.07, 6.45) is 5.57. The first-order chi connectivity index (χ1) is 9.36. The summed E-state index contributed by atoms with van der Waals surface area (Å²) >= 11 is 0. The predicted molar refractivity (Wildman–Crippen MR) is 75.3 cm³/mol. The number of aromatic nitrogens is 4. The third kappa shape index (κ3) is 1.71. The normalized spacial score (nSPS) is 10.8. The maximum Gasteiger partial charge on any atom is 0.215 e. The Hall–Kier alpha value is -1.97. The average molecular weight is 441 g/mol. The number of hydrogen-bond acceptors (Lipinski definition) is 2. The first kappa shape index (κ1) is 13.0. The van der Waals surface area contributed by atoms with E-state index < -0.39 is 0 Å². The molecule has 0 amide bonds. The third-order valence-corrected chi connectivity index (χ3v) is 3.43. The Morgan fingerprint density at radius 2 is 1.70 bits per heavy atom. The zero-order valence-electron chi connectivity index (χ0n) is 10.8. The van der Waals surface area contributed by atoms with Gasteiger partial charge in [0.25, 0.3) is 0 Å². The van der Waals surface area contributed by atoms with Crippen molar-refractivity contribution in [2.75, 3.05) is 0 Å². The van der Waals surface area contributed by atoms with Crippen LogP contribution < -0.4 is 0 Å². The number of para-hydroxylation sites is 1. The Balaban J connectivity index is 0.00000121.